The van der Waals surface area contributed by atoms with Crippen LogP contribution >= 0.6 is 11.6 Å². The number of aliphatic carboxylic acids is 1. The van der Waals surface area contributed by atoms with Crippen molar-refractivity contribution in [1.29, 1.82) is 0 Å². The van der Waals surface area contributed by atoms with E-state index in [1.807, 2.05) is 0 Å². The molecule has 0 spiro atoms. The van der Waals surface area contributed by atoms with Crippen LogP contribution in [-0.4, -0.2) is 22.2 Å². The average molecular weight is 245 g/mol. The van der Waals surface area contributed by atoms with E-state index in [1.54, 1.807) is 0 Å². The van der Waals surface area contributed by atoms with Gasteiger partial charge in [-0.25, -0.2) is 4.79 Å². The molecule has 1 atom stereocenters. The van der Waals surface area contributed by atoms with Gasteiger partial charge in [0.2, 0.25) is 0 Å². The first-order valence-corrected chi connectivity index (χ1v) is 4.53. The molecular formula is C9H9ClN2O4. The Hall–Kier alpha value is -1.79. The Labute approximate surface area is 95.4 Å². The van der Waals surface area contributed by atoms with Gasteiger partial charge in [-0.15, -0.1) is 0 Å². The number of nitrogens with two attached hydrogens (primary N) is 2. The maximum absolute atomic E-state index is 10.9. The minimum Gasteiger partial charge on any atom is -0.480 e. The van der Waals surface area contributed by atoms with E-state index in [4.69, 9.17) is 33.3 Å². The molecule has 0 aliphatic rings. The highest BCUT2D eigenvalue weighted by molar-refractivity contribution is 6.33. The first-order valence-electron chi connectivity index (χ1n) is 4.15. The van der Waals surface area contributed by atoms with E-state index >= 15 is 0 Å². The fourth-order valence-corrected chi connectivity index (χ4v) is 1.42. The van der Waals surface area contributed by atoms with Crippen LogP contribution in [0, 0.1) is 0 Å². The van der Waals surface area contributed by atoms with Gasteiger partial charge in [-0.3, -0.25) is 4.79 Å². The number of benzene rings is 1. The largest absolute Gasteiger partial charge is 0.480 e. The minimum atomic E-state index is -1.52. The number of hydrogen-bond donors (Lipinski definition) is 4. The van der Waals surface area contributed by atoms with E-state index in [-0.39, 0.29) is 21.8 Å². The van der Waals surface area contributed by atoms with Gasteiger partial charge < -0.3 is 21.7 Å². The molecule has 6 N–H and O–H groups in total. The molecule has 0 saturated carbocycles. The second-order valence-electron chi connectivity index (χ2n) is 3.04. The monoisotopic (exact) mass is 244 g/mol. The molecule has 0 bridgehead atoms. The summed E-state index contributed by atoms with van der Waals surface area (Å²) in [6.45, 7) is 0. The van der Waals surface area contributed by atoms with Gasteiger partial charge in [0.15, 0.2) is 0 Å². The number of rotatable bonds is 3. The normalized spacial score (nSPS) is 12.1. The average Bonchev–Trinajstić information content (AvgIpc) is 2.20. The van der Waals surface area contributed by atoms with Crippen molar-refractivity contribution < 1.29 is 19.8 Å². The molecule has 7 heteroatoms. The molecule has 0 aliphatic heterocycles. The SMILES string of the molecule is Nc1c(Cl)ccc(C(=O)O)c1[C@H](N)C(=O)O. The summed E-state index contributed by atoms with van der Waals surface area (Å²) in [5.74, 6) is -2.69. The van der Waals surface area contributed by atoms with Crippen molar-refractivity contribution in [2.75, 3.05) is 5.73 Å². The zero-order valence-electron chi connectivity index (χ0n) is 7.98. The molecule has 0 saturated heterocycles. The molecule has 0 unspecified atom stereocenters. The maximum Gasteiger partial charge on any atom is 0.336 e. The third-order valence-corrected chi connectivity index (χ3v) is 2.37. The first-order chi connectivity index (χ1) is 7.36. The number of carboxylic acid groups (broad SMARTS) is 2. The quantitative estimate of drug-likeness (QED) is 0.580. The summed E-state index contributed by atoms with van der Waals surface area (Å²) in [5, 5.41) is 17.7. The van der Waals surface area contributed by atoms with E-state index in [0.717, 1.165) is 0 Å². The predicted molar refractivity (Wildman–Crippen MR) is 57.4 cm³/mol. The fraction of sp³-hybridized carbons (Fsp3) is 0.111. The Morgan fingerprint density at radius 3 is 2.31 bits per heavy atom. The molecular weight excluding hydrogens is 236 g/mol. The van der Waals surface area contributed by atoms with Gasteiger partial charge in [-0.1, -0.05) is 11.6 Å². The van der Waals surface area contributed by atoms with E-state index < -0.39 is 18.0 Å². The fourth-order valence-electron chi connectivity index (χ4n) is 1.25. The number of halogens is 1. The lowest BCUT2D eigenvalue weighted by molar-refractivity contribution is -0.138. The number of carbonyl (C=O) groups is 2. The summed E-state index contributed by atoms with van der Waals surface area (Å²) in [4.78, 5) is 21.6. The van der Waals surface area contributed by atoms with E-state index in [1.165, 1.54) is 12.1 Å². The highest BCUT2D eigenvalue weighted by Gasteiger charge is 2.25. The zero-order valence-corrected chi connectivity index (χ0v) is 8.73. The van der Waals surface area contributed by atoms with Crippen molar-refractivity contribution in [3.63, 3.8) is 0 Å². The Morgan fingerprint density at radius 1 is 1.31 bits per heavy atom. The number of hydrogen-bond acceptors (Lipinski definition) is 4. The lowest BCUT2D eigenvalue weighted by Gasteiger charge is -2.14. The molecule has 0 aromatic heterocycles. The van der Waals surface area contributed by atoms with Crippen LogP contribution in [0.3, 0.4) is 0 Å². The highest BCUT2D eigenvalue weighted by atomic mass is 35.5. The van der Waals surface area contributed by atoms with Gasteiger partial charge in [-0.05, 0) is 12.1 Å². The topological polar surface area (TPSA) is 127 Å². The van der Waals surface area contributed by atoms with Gasteiger partial charge in [-0.2, -0.15) is 0 Å². The number of nitrogen functional groups attached to an aromatic ring is 1. The van der Waals surface area contributed by atoms with Crippen molar-refractivity contribution in [3.8, 4) is 0 Å². The summed E-state index contributed by atoms with van der Waals surface area (Å²) in [6.07, 6.45) is 0. The van der Waals surface area contributed by atoms with Crippen molar-refractivity contribution in [2.45, 2.75) is 6.04 Å². The van der Waals surface area contributed by atoms with Crippen molar-refractivity contribution >= 4 is 29.2 Å². The molecule has 0 heterocycles. The molecule has 0 amide bonds. The van der Waals surface area contributed by atoms with Crippen LogP contribution in [0.5, 0.6) is 0 Å². The number of carboxylic acids is 2. The lowest BCUT2D eigenvalue weighted by atomic mass is 9.99. The standard InChI is InChI=1S/C9H9ClN2O4/c10-4-2-1-3(8(13)14)5(6(4)11)7(12)9(15)16/h1-2,7H,11-12H2,(H,13,14)(H,15,16)/t7-/m0/s1. The summed E-state index contributed by atoms with van der Waals surface area (Å²) < 4.78 is 0. The van der Waals surface area contributed by atoms with Crippen LogP contribution in [0.15, 0.2) is 12.1 Å². The molecule has 86 valence electrons. The van der Waals surface area contributed by atoms with Crippen molar-refractivity contribution in [2.24, 2.45) is 5.73 Å². The van der Waals surface area contributed by atoms with E-state index in [2.05, 4.69) is 0 Å². The number of aromatic carboxylic acids is 1. The third kappa shape index (κ3) is 2.07. The van der Waals surface area contributed by atoms with Crippen LogP contribution < -0.4 is 11.5 Å². The second kappa shape index (κ2) is 4.38. The molecule has 0 aliphatic carbocycles. The Morgan fingerprint density at radius 2 is 1.88 bits per heavy atom. The van der Waals surface area contributed by atoms with Crippen molar-refractivity contribution in [1.82, 2.24) is 0 Å². The number of anilines is 1. The van der Waals surface area contributed by atoms with Gasteiger partial charge >= 0.3 is 11.9 Å². The summed E-state index contributed by atoms with van der Waals surface area (Å²) in [7, 11) is 0. The highest BCUT2D eigenvalue weighted by Crippen LogP contribution is 2.30. The van der Waals surface area contributed by atoms with Crippen molar-refractivity contribution in [3.05, 3.63) is 28.3 Å². The van der Waals surface area contributed by atoms with E-state index in [0.29, 0.717) is 0 Å². The van der Waals surface area contributed by atoms with Crippen LogP contribution in [0.25, 0.3) is 0 Å². The minimum absolute atomic E-state index is 0.0664. The third-order valence-electron chi connectivity index (χ3n) is 2.04. The molecule has 1 rings (SSSR count). The van der Waals surface area contributed by atoms with Crippen LogP contribution in [-0.2, 0) is 4.79 Å². The molecule has 0 fully saturated rings. The molecule has 1 aromatic carbocycles. The zero-order chi connectivity index (χ0) is 12.5. The summed E-state index contributed by atoms with van der Waals surface area (Å²) >= 11 is 5.67. The van der Waals surface area contributed by atoms with Gasteiger partial charge in [0.25, 0.3) is 0 Å². The molecule has 0 radical (unpaired) electrons. The second-order valence-corrected chi connectivity index (χ2v) is 3.45. The van der Waals surface area contributed by atoms with Gasteiger partial charge in [0.1, 0.15) is 6.04 Å². The lowest BCUT2D eigenvalue weighted by Crippen LogP contribution is -2.24. The smallest absolute Gasteiger partial charge is 0.336 e. The summed E-state index contributed by atoms with van der Waals surface area (Å²) in [5.41, 5.74) is 10.3. The first kappa shape index (κ1) is 12.3. The Balaban J connectivity index is 3.49. The van der Waals surface area contributed by atoms with Crippen LogP contribution in [0.2, 0.25) is 5.02 Å². The van der Waals surface area contributed by atoms with Gasteiger partial charge in [0.05, 0.1) is 16.3 Å². The Bertz CT molecular complexity index is 461. The Kier molecular flexibility index (Phi) is 3.36. The molecule has 16 heavy (non-hydrogen) atoms. The molecule has 6 nitrogen and oxygen atoms in total. The van der Waals surface area contributed by atoms with E-state index in [9.17, 15) is 9.59 Å². The van der Waals surface area contributed by atoms with Gasteiger partial charge in [0, 0.05) is 5.56 Å². The summed E-state index contributed by atoms with van der Waals surface area (Å²) in [6, 6.07) is 0.919. The van der Waals surface area contributed by atoms with Crippen LogP contribution in [0.1, 0.15) is 22.0 Å². The molecule has 1 aromatic rings. The van der Waals surface area contributed by atoms with Crippen LogP contribution in [0.4, 0.5) is 5.69 Å². The predicted octanol–water partition coefficient (Wildman–Crippen LogP) is 0.705. The maximum atomic E-state index is 10.9.